The van der Waals surface area contributed by atoms with Crippen LogP contribution in [0.5, 0.6) is 0 Å². The van der Waals surface area contributed by atoms with Gasteiger partial charge in [0.15, 0.2) is 0 Å². The summed E-state index contributed by atoms with van der Waals surface area (Å²) in [5.41, 5.74) is 1.19. The quantitative estimate of drug-likeness (QED) is 0.633. The lowest BCUT2D eigenvalue weighted by Crippen LogP contribution is -2.37. The van der Waals surface area contributed by atoms with E-state index < -0.39 is 6.10 Å². The van der Waals surface area contributed by atoms with Crippen LogP contribution in [0.2, 0.25) is 0 Å². The Morgan fingerprint density at radius 3 is 2.79 bits per heavy atom. The molecule has 0 bridgehead atoms. The van der Waals surface area contributed by atoms with Crippen molar-refractivity contribution in [1.29, 1.82) is 0 Å². The van der Waals surface area contributed by atoms with E-state index in [1.54, 1.807) is 11.3 Å². The molecule has 1 aliphatic carbocycles. The maximum atomic E-state index is 12.7. The molecule has 7 heteroatoms. The van der Waals surface area contributed by atoms with E-state index in [0.29, 0.717) is 31.4 Å². The van der Waals surface area contributed by atoms with Gasteiger partial charge in [0.1, 0.15) is 10.7 Å². The molecule has 0 aliphatic heterocycles. The molecule has 2 aromatic rings. The molecule has 0 aromatic carbocycles. The predicted octanol–water partition coefficient (Wildman–Crippen LogP) is 3.11. The zero-order chi connectivity index (χ0) is 20.3. The molecule has 2 N–H and O–H groups in total. The van der Waals surface area contributed by atoms with Crippen molar-refractivity contribution in [2.45, 2.75) is 72.1 Å². The number of aryl methyl sites for hydroxylation is 2. The van der Waals surface area contributed by atoms with E-state index in [1.165, 1.54) is 10.4 Å². The van der Waals surface area contributed by atoms with Crippen LogP contribution in [0.4, 0.5) is 0 Å². The van der Waals surface area contributed by atoms with Gasteiger partial charge < -0.3 is 14.8 Å². The van der Waals surface area contributed by atoms with Crippen LogP contribution in [0.3, 0.4) is 0 Å². The van der Waals surface area contributed by atoms with E-state index in [0.717, 1.165) is 42.4 Å². The lowest BCUT2D eigenvalue weighted by Gasteiger charge is -2.25. The van der Waals surface area contributed by atoms with Gasteiger partial charge >= 0.3 is 0 Å². The Bertz CT molecular complexity index is 843. The predicted molar refractivity (Wildman–Crippen MR) is 114 cm³/mol. The van der Waals surface area contributed by atoms with Crippen molar-refractivity contribution in [2.24, 2.45) is 5.92 Å². The fourth-order valence-corrected chi connectivity index (χ4v) is 4.94. The number of hydrogen-bond donors (Lipinski definition) is 2. The van der Waals surface area contributed by atoms with Crippen molar-refractivity contribution in [2.75, 3.05) is 19.7 Å². The first-order valence-corrected chi connectivity index (χ1v) is 11.2. The molecule has 2 aromatic heterocycles. The zero-order valence-electron chi connectivity index (χ0n) is 17.5. The van der Waals surface area contributed by atoms with Crippen LogP contribution >= 0.6 is 11.3 Å². The number of aliphatic hydroxyl groups excluding tert-OH is 1. The first-order chi connectivity index (χ1) is 13.3. The number of hydrogen-bond acceptors (Lipinski definition) is 6. The summed E-state index contributed by atoms with van der Waals surface area (Å²) in [5.74, 6) is 1.25. The van der Waals surface area contributed by atoms with Gasteiger partial charge in [0.2, 0.25) is 0 Å². The van der Waals surface area contributed by atoms with Crippen molar-refractivity contribution >= 4 is 21.6 Å². The van der Waals surface area contributed by atoms with Gasteiger partial charge in [-0.3, -0.25) is 9.69 Å². The van der Waals surface area contributed by atoms with Crippen molar-refractivity contribution in [3.05, 3.63) is 26.6 Å². The highest BCUT2D eigenvalue weighted by Crippen LogP contribution is 2.34. The van der Waals surface area contributed by atoms with Crippen molar-refractivity contribution in [3.63, 3.8) is 0 Å². The SMILES string of the molecule is CC(C)CCN(Cc1nc2sc3c(c2c(=O)[nH]1)CCC3)C[C@@H](O)COC(C)C. The molecule has 3 rings (SSSR count). The van der Waals surface area contributed by atoms with Gasteiger partial charge in [-0.2, -0.15) is 0 Å². The standard InChI is InChI=1S/C21H33N3O3S/c1-13(2)8-9-24(10-15(25)12-27-14(3)4)11-18-22-20(26)19-16-6-5-7-17(16)28-21(19)23-18/h13-15,25H,5-12H2,1-4H3,(H,22,23,26)/t15-/m1/s1. The molecule has 0 saturated heterocycles. The van der Waals surface area contributed by atoms with E-state index in [4.69, 9.17) is 9.72 Å². The van der Waals surface area contributed by atoms with Gasteiger partial charge in [0.25, 0.3) is 5.56 Å². The highest BCUT2D eigenvalue weighted by atomic mass is 32.1. The fourth-order valence-electron chi connectivity index (χ4n) is 3.66. The largest absolute Gasteiger partial charge is 0.389 e. The van der Waals surface area contributed by atoms with E-state index >= 15 is 0 Å². The number of H-pyrrole nitrogens is 1. The molecule has 2 heterocycles. The Balaban J connectivity index is 1.74. The molecule has 156 valence electrons. The molecule has 0 amide bonds. The third-order valence-corrected chi connectivity index (χ3v) is 6.30. The number of ether oxygens (including phenoxy) is 1. The number of aromatic nitrogens is 2. The van der Waals surface area contributed by atoms with Gasteiger partial charge in [0.05, 0.1) is 30.7 Å². The highest BCUT2D eigenvalue weighted by molar-refractivity contribution is 7.18. The Kier molecular flexibility index (Phi) is 7.25. The molecule has 0 saturated carbocycles. The smallest absolute Gasteiger partial charge is 0.259 e. The van der Waals surface area contributed by atoms with Crippen LogP contribution in [0, 0.1) is 5.92 Å². The van der Waals surface area contributed by atoms with Gasteiger partial charge in [-0.05, 0) is 57.6 Å². The van der Waals surface area contributed by atoms with Crippen LogP contribution in [0.15, 0.2) is 4.79 Å². The minimum Gasteiger partial charge on any atom is -0.389 e. The summed E-state index contributed by atoms with van der Waals surface area (Å²) in [5, 5.41) is 11.2. The lowest BCUT2D eigenvalue weighted by atomic mass is 10.1. The van der Waals surface area contributed by atoms with E-state index in [-0.39, 0.29) is 11.7 Å². The molecule has 0 radical (unpaired) electrons. The Hall–Kier alpha value is -1.28. The normalized spacial score (nSPS) is 15.3. The summed E-state index contributed by atoms with van der Waals surface area (Å²) in [7, 11) is 0. The molecule has 1 aliphatic rings. The molecular weight excluding hydrogens is 374 g/mol. The number of aliphatic hydroxyl groups is 1. The Morgan fingerprint density at radius 2 is 2.07 bits per heavy atom. The van der Waals surface area contributed by atoms with Crippen LogP contribution in [0.1, 0.15) is 56.8 Å². The van der Waals surface area contributed by atoms with Crippen LogP contribution in [-0.4, -0.2) is 51.9 Å². The summed E-state index contributed by atoms with van der Waals surface area (Å²) < 4.78 is 5.54. The average Bonchev–Trinajstić information content (AvgIpc) is 3.18. The molecule has 0 unspecified atom stereocenters. The number of rotatable bonds is 10. The topological polar surface area (TPSA) is 78.5 Å². The van der Waals surface area contributed by atoms with Crippen molar-refractivity contribution in [3.8, 4) is 0 Å². The van der Waals surface area contributed by atoms with Crippen molar-refractivity contribution < 1.29 is 9.84 Å². The second-order valence-electron chi connectivity index (χ2n) is 8.50. The Morgan fingerprint density at radius 1 is 1.29 bits per heavy atom. The summed E-state index contributed by atoms with van der Waals surface area (Å²) in [6, 6.07) is 0. The second kappa shape index (κ2) is 9.48. The summed E-state index contributed by atoms with van der Waals surface area (Å²) >= 11 is 1.67. The molecular formula is C21H33N3O3S. The van der Waals surface area contributed by atoms with Gasteiger partial charge in [-0.15, -0.1) is 11.3 Å². The van der Waals surface area contributed by atoms with Crippen LogP contribution in [-0.2, 0) is 24.1 Å². The van der Waals surface area contributed by atoms with Gasteiger partial charge in [-0.25, -0.2) is 4.98 Å². The number of nitrogens with one attached hydrogen (secondary N) is 1. The van der Waals surface area contributed by atoms with E-state index in [1.807, 2.05) is 13.8 Å². The summed E-state index contributed by atoms with van der Waals surface area (Å²) in [4.78, 5) is 24.8. The van der Waals surface area contributed by atoms with Crippen LogP contribution in [0.25, 0.3) is 10.2 Å². The zero-order valence-corrected chi connectivity index (χ0v) is 18.3. The molecule has 0 spiro atoms. The molecule has 0 fully saturated rings. The molecule has 28 heavy (non-hydrogen) atoms. The third-order valence-electron chi connectivity index (χ3n) is 5.11. The monoisotopic (exact) mass is 407 g/mol. The maximum Gasteiger partial charge on any atom is 0.259 e. The highest BCUT2D eigenvalue weighted by Gasteiger charge is 2.22. The molecule has 6 nitrogen and oxygen atoms in total. The van der Waals surface area contributed by atoms with Crippen molar-refractivity contribution in [1.82, 2.24) is 14.9 Å². The van der Waals surface area contributed by atoms with Gasteiger partial charge in [0, 0.05) is 11.4 Å². The number of aromatic amines is 1. The van der Waals surface area contributed by atoms with Crippen LogP contribution < -0.4 is 5.56 Å². The number of nitrogens with zero attached hydrogens (tertiary/aromatic N) is 2. The number of thiophene rings is 1. The lowest BCUT2D eigenvalue weighted by molar-refractivity contribution is -0.0103. The third kappa shape index (κ3) is 5.41. The molecule has 1 atom stereocenters. The second-order valence-corrected chi connectivity index (χ2v) is 9.59. The minimum atomic E-state index is -0.560. The fraction of sp³-hybridized carbons (Fsp3) is 0.714. The minimum absolute atomic E-state index is 0.0214. The first-order valence-electron chi connectivity index (χ1n) is 10.4. The van der Waals surface area contributed by atoms with E-state index in [9.17, 15) is 9.90 Å². The summed E-state index contributed by atoms with van der Waals surface area (Å²) in [6.07, 6.45) is 3.75. The average molecular weight is 408 g/mol. The first kappa shape index (κ1) is 21.4. The van der Waals surface area contributed by atoms with E-state index in [2.05, 4.69) is 23.7 Å². The summed E-state index contributed by atoms with van der Waals surface area (Å²) in [6.45, 7) is 10.5. The van der Waals surface area contributed by atoms with Gasteiger partial charge in [-0.1, -0.05) is 13.8 Å². The maximum absolute atomic E-state index is 12.7. The number of fused-ring (bicyclic) bond motifs is 3. The Labute approximate surface area is 170 Å².